The Balaban J connectivity index is 1.41. The number of halogens is 1. The second kappa shape index (κ2) is 10.5. The van der Waals surface area contributed by atoms with E-state index in [1.807, 2.05) is 18.4 Å². The van der Waals surface area contributed by atoms with Gasteiger partial charge in [0.15, 0.2) is 23.1 Å². The first-order chi connectivity index (χ1) is 18.8. The molecular weight excluding hydrogens is 523 g/mol. The minimum atomic E-state index is -0.722. The fourth-order valence-electron chi connectivity index (χ4n) is 4.04. The van der Waals surface area contributed by atoms with Crippen molar-refractivity contribution in [2.45, 2.75) is 13.8 Å². The summed E-state index contributed by atoms with van der Waals surface area (Å²) >= 11 is 1.44. The van der Waals surface area contributed by atoms with E-state index < -0.39 is 11.7 Å². The SMILES string of the molecule is COc1cc2nccc(Oc3ccc(NC(=O)c4c(C)ncc(-c5sccc5C)c4O)cc3F)c2nc1OC. The van der Waals surface area contributed by atoms with Crippen molar-refractivity contribution in [1.82, 2.24) is 15.0 Å². The van der Waals surface area contributed by atoms with Gasteiger partial charge in [-0.15, -0.1) is 11.3 Å². The van der Waals surface area contributed by atoms with Gasteiger partial charge in [-0.25, -0.2) is 9.37 Å². The highest BCUT2D eigenvalue weighted by molar-refractivity contribution is 7.13. The number of carbonyl (C=O) groups is 1. The number of aryl methyl sites for hydroxylation is 2. The summed E-state index contributed by atoms with van der Waals surface area (Å²) in [6, 6.07) is 9.11. The molecule has 4 heterocycles. The van der Waals surface area contributed by atoms with Crippen molar-refractivity contribution in [2.24, 2.45) is 0 Å². The lowest BCUT2D eigenvalue weighted by Gasteiger charge is -2.14. The molecule has 0 bridgehead atoms. The Hall–Kier alpha value is -4.77. The van der Waals surface area contributed by atoms with Crippen LogP contribution in [0.2, 0.25) is 0 Å². The predicted octanol–water partition coefficient (Wildman–Crippen LogP) is 6.28. The molecule has 0 unspecified atom stereocenters. The molecule has 0 saturated heterocycles. The molecule has 0 aliphatic carbocycles. The average Bonchev–Trinajstić information content (AvgIpc) is 3.35. The molecule has 0 aliphatic rings. The minimum absolute atomic E-state index is 0.0136. The molecule has 1 amide bonds. The first-order valence-corrected chi connectivity index (χ1v) is 12.6. The topological polar surface area (TPSA) is 116 Å². The number of pyridine rings is 3. The third-order valence-electron chi connectivity index (χ3n) is 6.01. The smallest absolute Gasteiger partial charge is 0.261 e. The van der Waals surface area contributed by atoms with E-state index in [2.05, 4.69) is 20.3 Å². The lowest BCUT2D eigenvalue weighted by Crippen LogP contribution is -2.15. The lowest BCUT2D eigenvalue weighted by molar-refractivity contribution is 0.102. The number of amides is 1. The summed E-state index contributed by atoms with van der Waals surface area (Å²) in [6.45, 7) is 3.53. The number of aromatic hydroxyl groups is 1. The first kappa shape index (κ1) is 25.9. The number of ether oxygens (including phenoxy) is 3. The van der Waals surface area contributed by atoms with Gasteiger partial charge in [0.25, 0.3) is 11.8 Å². The summed E-state index contributed by atoms with van der Waals surface area (Å²) in [5, 5.41) is 15.4. The van der Waals surface area contributed by atoms with E-state index in [-0.39, 0.29) is 34.4 Å². The van der Waals surface area contributed by atoms with Crippen LogP contribution < -0.4 is 19.5 Å². The molecule has 11 heteroatoms. The number of hydrogen-bond donors (Lipinski definition) is 2. The van der Waals surface area contributed by atoms with Gasteiger partial charge < -0.3 is 24.6 Å². The molecule has 0 fully saturated rings. The molecule has 5 aromatic rings. The standard InChI is InChI=1S/C28H23FN4O5S/c1-14-8-10-39-26(14)17-13-31-15(2)23(25(17)34)27(35)32-16-5-6-20(18(29)11-16)38-21-7-9-30-19-12-22(36-3)28(37-4)33-24(19)21/h5-13H,1-4H3,(H,31,34)(H,32,35). The maximum atomic E-state index is 15.1. The highest BCUT2D eigenvalue weighted by Gasteiger charge is 2.22. The maximum absolute atomic E-state index is 15.1. The van der Waals surface area contributed by atoms with E-state index in [1.54, 1.807) is 19.1 Å². The minimum Gasteiger partial charge on any atom is -0.506 e. The van der Waals surface area contributed by atoms with Gasteiger partial charge in [0.2, 0.25) is 0 Å². The van der Waals surface area contributed by atoms with Crippen molar-refractivity contribution in [3.63, 3.8) is 0 Å². The zero-order valence-electron chi connectivity index (χ0n) is 21.4. The van der Waals surface area contributed by atoms with Crippen LogP contribution in [0.4, 0.5) is 10.1 Å². The van der Waals surface area contributed by atoms with Gasteiger partial charge in [-0.1, -0.05) is 0 Å². The average molecular weight is 547 g/mol. The fraction of sp³-hybridized carbons (Fsp3) is 0.143. The zero-order chi connectivity index (χ0) is 27.7. The summed E-state index contributed by atoms with van der Waals surface area (Å²) in [4.78, 5) is 26.9. The van der Waals surface area contributed by atoms with Crippen LogP contribution in [-0.4, -0.2) is 40.2 Å². The van der Waals surface area contributed by atoms with Crippen LogP contribution in [0, 0.1) is 19.7 Å². The summed E-state index contributed by atoms with van der Waals surface area (Å²) < 4.78 is 31.4. The molecule has 198 valence electrons. The summed E-state index contributed by atoms with van der Waals surface area (Å²) in [6.07, 6.45) is 3.04. The quantitative estimate of drug-likeness (QED) is 0.245. The highest BCUT2D eigenvalue weighted by atomic mass is 32.1. The van der Waals surface area contributed by atoms with Gasteiger partial charge >= 0.3 is 0 Å². The summed E-state index contributed by atoms with van der Waals surface area (Å²) in [5.41, 5.74) is 2.77. The van der Waals surface area contributed by atoms with Gasteiger partial charge in [0.05, 0.1) is 31.0 Å². The Morgan fingerprint density at radius 2 is 1.85 bits per heavy atom. The Morgan fingerprint density at radius 1 is 1.03 bits per heavy atom. The fourth-order valence-corrected chi connectivity index (χ4v) is 4.98. The molecule has 39 heavy (non-hydrogen) atoms. The van der Waals surface area contributed by atoms with Gasteiger partial charge in [0, 0.05) is 41.2 Å². The number of aromatic nitrogens is 3. The van der Waals surface area contributed by atoms with Gasteiger partial charge in [-0.2, -0.15) is 0 Å². The van der Waals surface area contributed by atoms with Crippen molar-refractivity contribution in [3.05, 3.63) is 76.8 Å². The van der Waals surface area contributed by atoms with E-state index >= 15 is 4.39 Å². The van der Waals surface area contributed by atoms with E-state index in [0.717, 1.165) is 16.5 Å². The predicted molar refractivity (Wildman–Crippen MR) is 146 cm³/mol. The van der Waals surface area contributed by atoms with Gasteiger partial charge in [0.1, 0.15) is 16.8 Å². The molecule has 0 aliphatic heterocycles. The van der Waals surface area contributed by atoms with Crippen molar-refractivity contribution < 1.29 is 28.5 Å². The van der Waals surface area contributed by atoms with Crippen molar-refractivity contribution in [2.75, 3.05) is 19.5 Å². The number of nitrogens with one attached hydrogen (secondary N) is 1. The molecule has 0 radical (unpaired) electrons. The number of rotatable bonds is 7. The zero-order valence-corrected chi connectivity index (χ0v) is 22.2. The van der Waals surface area contributed by atoms with E-state index in [1.165, 1.54) is 50.1 Å². The van der Waals surface area contributed by atoms with Gasteiger partial charge in [-0.05, 0) is 43.0 Å². The number of anilines is 1. The van der Waals surface area contributed by atoms with Crippen LogP contribution in [0.1, 0.15) is 21.6 Å². The van der Waals surface area contributed by atoms with E-state index in [0.29, 0.717) is 28.0 Å². The molecule has 0 spiro atoms. The summed E-state index contributed by atoms with van der Waals surface area (Å²) in [7, 11) is 2.94. The van der Waals surface area contributed by atoms with Crippen molar-refractivity contribution in [3.8, 4) is 39.3 Å². The number of hydrogen-bond acceptors (Lipinski definition) is 9. The maximum Gasteiger partial charge on any atom is 0.261 e. The first-order valence-electron chi connectivity index (χ1n) is 11.7. The molecule has 0 saturated carbocycles. The molecule has 0 atom stereocenters. The monoisotopic (exact) mass is 546 g/mol. The number of carbonyl (C=O) groups excluding carboxylic acids is 1. The van der Waals surface area contributed by atoms with Crippen LogP contribution >= 0.6 is 11.3 Å². The largest absolute Gasteiger partial charge is 0.506 e. The van der Waals surface area contributed by atoms with Crippen LogP contribution in [0.15, 0.2) is 54.2 Å². The molecule has 5 rings (SSSR count). The third-order valence-corrected chi connectivity index (χ3v) is 7.05. The number of fused-ring (bicyclic) bond motifs is 1. The number of benzene rings is 1. The molecule has 4 aromatic heterocycles. The van der Waals surface area contributed by atoms with Crippen LogP contribution in [0.5, 0.6) is 28.9 Å². The number of nitrogens with zero attached hydrogens (tertiary/aromatic N) is 3. The highest BCUT2D eigenvalue weighted by Crippen LogP contribution is 2.38. The van der Waals surface area contributed by atoms with Crippen molar-refractivity contribution >= 4 is 34.0 Å². The Bertz CT molecular complexity index is 1720. The number of methoxy groups -OCH3 is 2. The molecular formula is C28H23FN4O5S. The van der Waals surface area contributed by atoms with Crippen molar-refractivity contribution in [1.29, 1.82) is 0 Å². The summed E-state index contributed by atoms with van der Waals surface area (Å²) in [5.74, 6) is -0.736. The Kier molecular flexibility index (Phi) is 6.99. The second-order valence-corrected chi connectivity index (χ2v) is 9.41. The second-order valence-electron chi connectivity index (χ2n) is 8.49. The molecule has 1 aromatic carbocycles. The van der Waals surface area contributed by atoms with Crippen LogP contribution in [0.25, 0.3) is 21.5 Å². The lowest BCUT2D eigenvalue weighted by atomic mass is 10.1. The van der Waals surface area contributed by atoms with Gasteiger partial charge in [-0.3, -0.25) is 14.8 Å². The third kappa shape index (κ3) is 4.91. The Labute approximate surface area is 226 Å². The van der Waals surface area contributed by atoms with Crippen LogP contribution in [-0.2, 0) is 0 Å². The van der Waals surface area contributed by atoms with E-state index in [9.17, 15) is 9.90 Å². The Morgan fingerprint density at radius 3 is 2.54 bits per heavy atom. The molecule has 9 nitrogen and oxygen atoms in total. The van der Waals surface area contributed by atoms with Crippen LogP contribution in [0.3, 0.4) is 0 Å². The van der Waals surface area contributed by atoms with E-state index in [4.69, 9.17) is 14.2 Å². The molecule has 2 N–H and O–H groups in total. The number of thiophene rings is 1. The normalized spacial score (nSPS) is 10.9.